The van der Waals surface area contributed by atoms with E-state index in [4.69, 9.17) is 0 Å². The highest BCUT2D eigenvalue weighted by Gasteiger charge is 3.09. The normalized spacial score (nSPS) is 23.5. The highest BCUT2D eigenvalue weighted by molar-refractivity contribution is 5.87. The average Bonchev–Trinajstić information content (AvgIpc) is 3.05. The van der Waals surface area contributed by atoms with Gasteiger partial charge < -0.3 is 4.74 Å². The molecule has 0 radical (unpaired) electrons. The summed E-state index contributed by atoms with van der Waals surface area (Å²) < 4.78 is 522. The molecule has 0 N–H and O–H groups in total. The van der Waals surface area contributed by atoms with Gasteiger partial charge in [0.1, 0.15) is 0 Å². The molecule has 0 amide bonds. The summed E-state index contributed by atoms with van der Waals surface area (Å²) >= 11 is 0. The summed E-state index contributed by atoms with van der Waals surface area (Å²) in [7, 11) is 0. The van der Waals surface area contributed by atoms with Crippen molar-refractivity contribution in [3.8, 4) is 0 Å². The molecular formula is C23H5F37O2. The van der Waals surface area contributed by atoms with Gasteiger partial charge in [-0.15, -0.1) is 0 Å². The van der Waals surface area contributed by atoms with Crippen LogP contribution in [0.25, 0.3) is 0 Å². The third kappa shape index (κ3) is 5.62. The van der Waals surface area contributed by atoms with Crippen LogP contribution in [-0.4, -0.2) is 118 Å². The average molecular weight is 1020 g/mol. The lowest BCUT2D eigenvalue weighted by Gasteiger charge is -2.54. The first-order chi connectivity index (χ1) is 26.1. The standard InChI is InChI=1S/C23H5F37O2/c1-3(2)4(61)62-23(59,60)22(57,58)21(55,56)20(53,54)19(51,52)18(49,50)17(47,48)16(45,46)14(41,42)11(35,36)8(29,30)5(24)6(25,26)9(31,32)12(37,38)15(43,44)13(39,40)10(33,34)7(5,27)28/h1H2,2H3. The van der Waals surface area contributed by atoms with Gasteiger partial charge in [-0.25, -0.2) is 9.18 Å². The van der Waals surface area contributed by atoms with E-state index >= 15 is 4.39 Å². The number of esters is 1. The Bertz CT molecular complexity index is 1720. The largest absolute Gasteiger partial charge is 0.473 e. The quantitative estimate of drug-likeness (QED) is 0.104. The van der Waals surface area contributed by atoms with Crippen LogP contribution in [-0.2, 0) is 9.53 Å². The summed E-state index contributed by atoms with van der Waals surface area (Å²) in [6.07, 6.45) is -7.92. The van der Waals surface area contributed by atoms with Crippen LogP contribution in [0.5, 0.6) is 0 Å². The zero-order valence-corrected chi connectivity index (χ0v) is 27.0. The van der Waals surface area contributed by atoms with Gasteiger partial charge in [-0.2, -0.15) is 158 Å². The molecule has 0 spiro atoms. The number of rotatable bonds is 13. The fraction of sp³-hybridized carbons (Fsp3) is 0.870. The maximum absolute atomic E-state index is 15.0. The highest BCUT2D eigenvalue weighted by atomic mass is 19.4. The van der Waals surface area contributed by atoms with Crippen LogP contribution in [0.15, 0.2) is 12.2 Å². The Labute approximate surface area is 310 Å². The second-order valence-corrected chi connectivity index (χ2v) is 12.1. The smallest absolute Gasteiger partial charge is 0.393 e. The van der Waals surface area contributed by atoms with E-state index in [1.165, 1.54) is 0 Å². The van der Waals surface area contributed by atoms with Crippen molar-refractivity contribution in [3.63, 3.8) is 0 Å². The third-order valence-corrected chi connectivity index (χ3v) is 8.15. The zero-order valence-electron chi connectivity index (χ0n) is 27.0. The number of ether oxygens (including phenoxy) is 1. The van der Waals surface area contributed by atoms with Gasteiger partial charge >= 0.3 is 118 Å². The van der Waals surface area contributed by atoms with Crippen molar-refractivity contribution >= 4 is 5.97 Å². The summed E-state index contributed by atoms with van der Waals surface area (Å²) in [5, 5.41) is 0. The van der Waals surface area contributed by atoms with Crippen molar-refractivity contribution in [2.24, 2.45) is 0 Å². The van der Waals surface area contributed by atoms with E-state index in [2.05, 4.69) is 11.3 Å². The van der Waals surface area contributed by atoms with Gasteiger partial charge in [-0.05, 0) is 6.92 Å². The number of hydrogen-bond donors (Lipinski definition) is 0. The van der Waals surface area contributed by atoms with Gasteiger partial charge in [-0.3, -0.25) is 0 Å². The molecule has 0 atom stereocenters. The molecule has 1 aliphatic rings. The molecule has 1 saturated carbocycles. The van der Waals surface area contributed by atoms with E-state index in [-0.39, 0.29) is 6.92 Å². The fourth-order valence-corrected chi connectivity index (χ4v) is 4.25. The summed E-state index contributed by atoms with van der Waals surface area (Å²) in [5.41, 5.74) is -12.7. The van der Waals surface area contributed by atoms with Crippen molar-refractivity contribution in [1.29, 1.82) is 0 Å². The summed E-state index contributed by atoms with van der Waals surface area (Å²) in [4.78, 5) is 10.9. The Morgan fingerprint density at radius 1 is 0.339 bits per heavy atom. The molecule has 0 heterocycles. The number of halogens is 37. The molecule has 368 valence electrons. The highest BCUT2D eigenvalue weighted by Crippen LogP contribution is 2.76. The molecule has 1 aliphatic carbocycles. The molecule has 0 aromatic carbocycles. The monoisotopic (exact) mass is 1020 g/mol. The van der Waals surface area contributed by atoms with Crippen molar-refractivity contribution in [2.45, 2.75) is 119 Å². The summed E-state index contributed by atoms with van der Waals surface area (Å²) in [5.74, 6) is -176. The van der Waals surface area contributed by atoms with Crippen LogP contribution in [0.4, 0.5) is 162 Å². The van der Waals surface area contributed by atoms with Crippen molar-refractivity contribution in [2.75, 3.05) is 0 Å². The molecule has 2 nitrogen and oxygen atoms in total. The SMILES string of the molecule is C=C(C)C(=O)OC(F)(F)C(F)(F)C(F)(F)C(F)(F)C(F)(F)C(F)(F)C(F)(F)C(F)(F)C(F)(F)C(F)(F)C(F)(F)C1(F)C(F)(F)C(F)(F)C(F)(F)C(F)(F)C(F)(F)C(F)(F)C1(F)F. The first-order valence-corrected chi connectivity index (χ1v) is 13.5. The van der Waals surface area contributed by atoms with Crippen molar-refractivity contribution < 1.29 is 172 Å². The van der Waals surface area contributed by atoms with Gasteiger partial charge in [0.05, 0.1) is 0 Å². The number of alkyl halides is 37. The van der Waals surface area contributed by atoms with Gasteiger partial charge in [0.25, 0.3) is 0 Å². The van der Waals surface area contributed by atoms with Gasteiger partial charge in [0.15, 0.2) is 0 Å². The van der Waals surface area contributed by atoms with Crippen LogP contribution >= 0.6 is 0 Å². The Morgan fingerprint density at radius 3 is 0.726 bits per heavy atom. The minimum absolute atomic E-state index is 0.0421. The Morgan fingerprint density at radius 2 is 0.516 bits per heavy atom. The van der Waals surface area contributed by atoms with Crippen LogP contribution in [0, 0.1) is 0 Å². The lowest BCUT2D eigenvalue weighted by Crippen LogP contribution is -2.89. The second kappa shape index (κ2) is 13.4. The van der Waals surface area contributed by atoms with E-state index in [0.29, 0.717) is 0 Å². The molecule has 62 heavy (non-hydrogen) atoms. The molecule has 0 bridgehead atoms. The summed E-state index contributed by atoms with van der Waals surface area (Å²) in [6, 6.07) is 0. The lowest BCUT2D eigenvalue weighted by atomic mass is 9.68. The molecule has 39 heteroatoms. The van der Waals surface area contributed by atoms with Crippen LogP contribution in [0.2, 0.25) is 0 Å². The Hall–Kier alpha value is -3.38. The van der Waals surface area contributed by atoms with E-state index in [1.807, 2.05) is 0 Å². The predicted molar refractivity (Wildman–Crippen MR) is 114 cm³/mol. The molecule has 0 saturated heterocycles. The van der Waals surface area contributed by atoms with Crippen molar-refractivity contribution in [1.82, 2.24) is 0 Å². The fourth-order valence-electron chi connectivity index (χ4n) is 4.25. The maximum atomic E-state index is 15.0. The first-order valence-electron chi connectivity index (χ1n) is 13.5. The van der Waals surface area contributed by atoms with Crippen molar-refractivity contribution in [3.05, 3.63) is 12.2 Å². The van der Waals surface area contributed by atoms with Gasteiger partial charge in [0.2, 0.25) is 0 Å². The third-order valence-electron chi connectivity index (χ3n) is 8.15. The van der Waals surface area contributed by atoms with E-state index < -0.39 is 124 Å². The minimum atomic E-state index is -11.0. The van der Waals surface area contributed by atoms with Crippen LogP contribution in [0.1, 0.15) is 6.92 Å². The lowest BCUT2D eigenvalue weighted by molar-refractivity contribution is -0.524. The molecule has 1 rings (SSSR count). The Kier molecular flexibility index (Phi) is 12.2. The van der Waals surface area contributed by atoms with Gasteiger partial charge in [0, 0.05) is 5.57 Å². The Balaban J connectivity index is 4.42. The molecule has 0 aliphatic heterocycles. The molecule has 0 unspecified atom stereocenters. The van der Waals surface area contributed by atoms with Gasteiger partial charge in [-0.1, -0.05) is 6.58 Å². The number of carbonyl (C=O) groups excluding carboxylic acids is 1. The second-order valence-electron chi connectivity index (χ2n) is 12.1. The molecule has 0 aromatic heterocycles. The number of hydrogen-bond acceptors (Lipinski definition) is 2. The topological polar surface area (TPSA) is 26.3 Å². The molecular weight excluding hydrogens is 1010 g/mol. The van der Waals surface area contributed by atoms with E-state index in [1.54, 1.807) is 0 Å². The first kappa shape index (κ1) is 56.6. The minimum Gasteiger partial charge on any atom is -0.393 e. The predicted octanol–water partition coefficient (Wildman–Crippen LogP) is 12.2. The van der Waals surface area contributed by atoms with Crippen LogP contribution in [0.3, 0.4) is 0 Å². The van der Waals surface area contributed by atoms with Crippen LogP contribution < -0.4 is 0 Å². The molecule has 1 fully saturated rings. The number of carbonyl (C=O) groups is 1. The maximum Gasteiger partial charge on any atom is 0.473 e. The zero-order chi connectivity index (χ0) is 51.4. The summed E-state index contributed by atoms with van der Waals surface area (Å²) in [6.45, 7) is 2.26. The molecule has 0 aromatic rings. The van der Waals surface area contributed by atoms with E-state index in [9.17, 15) is 163 Å². The van der Waals surface area contributed by atoms with E-state index in [0.717, 1.165) is 0 Å².